The average molecular weight is 522 g/mol. The topological polar surface area (TPSA) is 58.6 Å². The van der Waals surface area contributed by atoms with Crippen molar-refractivity contribution in [2.75, 3.05) is 25.1 Å². The molecule has 0 spiro atoms. The van der Waals surface area contributed by atoms with Gasteiger partial charge in [0.1, 0.15) is 0 Å². The molecule has 2 aliphatic heterocycles. The van der Waals surface area contributed by atoms with Crippen LogP contribution in [0.25, 0.3) is 0 Å². The number of rotatable bonds is 6. The van der Waals surface area contributed by atoms with Crippen molar-refractivity contribution in [2.24, 2.45) is 11.3 Å². The van der Waals surface area contributed by atoms with Crippen LogP contribution in [0.2, 0.25) is 0 Å². The van der Waals surface area contributed by atoms with Crippen LogP contribution in [0, 0.1) is 18.3 Å². The van der Waals surface area contributed by atoms with Gasteiger partial charge in [-0.15, -0.1) is 0 Å². The molecule has 0 saturated carbocycles. The van der Waals surface area contributed by atoms with Crippen molar-refractivity contribution >= 4 is 31.6 Å². The van der Waals surface area contributed by atoms with Crippen LogP contribution >= 0.6 is 15.9 Å². The first kappa shape index (κ1) is 23.7. The summed E-state index contributed by atoms with van der Waals surface area (Å²) in [7, 11) is -3.60. The third kappa shape index (κ3) is 4.91. The molecule has 2 aliphatic rings. The second-order valence-electron chi connectivity index (χ2n) is 10.2. The van der Waals surface area contributed by atoms with Crippen LogP contribution in [0.5, 0.6) is 0 Å². The predicted molar refractivity (Wildman–Crippen MR) is 132 cm³/mol. The van der Waals surface area contributed by atoms with Crippen molar-refractivity contribution in [3.05, 3.63) is 58.1 Å². The zero-order valence-electron chi connectivity index (χ0n) is 19.3. The van der Waals surface area contributed by atoms with Gasteiger partial charge in [-0.1, -0.05) is 54.4 Å². The predicted octanol–water partition coefficient (Wildman–Crippen LogP) is 5.76. The summed E-state index contributed by atoms with van der Waals surface area (Å²) in [4.78, 5) is 0.358. The fraction of sp³-hybridized carbons (Fsp3) is 0.520. The maximum atomic E-state index is 13.6. The summed E-state index contributed by atoms with van der Waals surface area (Å²) in [6.07, 6.45) is 1.80. The van der Waals surface area contributed by atoms with Crippen LogP contribution in [0.15, 0.2) is 51.8 Å². The fourth-order valence-corrected chi connectivity index (χ4v) is 6.72. The zero-order valence-corrected chi connectivity index (χ0v) is 21.7. The quantitative estimate of drug-likeness (QED) is 0.492. The van der Waals surface area contributed by atoms with Gasteiger partial charge in [0.15, 0.2) is 0 Å². The minimum Gasteiger partial charge on any atom is -0.379 e. The van der Waals surface area contributed by atoms with Crippen LogP contribution in [-0.4, -0.2) is 38.5 Å². The maximum absolute atomic E-state index is 13.6. The SMILES string of the molecule is Cc1ccc(S(=O)(=O)N2CC[C@H]3C2c2cc(Br)ccc2N[C@H]3COCCC(C)(C)C)cc1. The number of benzene rings is 2. The summed E-state index contributed by atoms with van der Waals surface area (Å²) >= 11 is 3.58. The number of anilines is 1. The number of nitrogens with one attached hydrogen (secondary N) is 1. The molecule has 0 bridgehead atoms. The Labute approximate surface area is 200 Å². The Balaban J connectivity index is 1.63. The van der Waals surface area contributed by atoms with Gasteiger partial charge in [-0.2, -0.15) is 4.31 Å². The van der Waals surface area contributed by atoms with E-state index in [-0.39, 0.29) is 23.4 Å². The highest BCUT2D eigenvalue weighted by atomic mass is 79.9. The second kappa shape index (κ2) is 9.09. The summed E-state index contributed by atoms with van der Waals surface area (Å²) in [6.45, 7) is 10.4. The first-order valence-corrected chi connectivity index (χ1v) is 13.5. The fourth-order valence-electron chi connectivity index (χ4n) is 4.68. The molecule has 1 saturated heterocycles. The highest BCUT2D eigenvalue weighted by molar-refractivity contribution is 9.10. The molecule has 174 valence electrons. The molecule has 3 atom stereocenters. The molecule has 0 aliphatic carbocycles. The molecule has 4 rings (SSSR count). The van der Waals surface area contributed by atoms with E-state index in [9.17, 15) is 8.42 Å². The molecule has 32 heavy (non-hydrogen) atoms. The molecule has 2 aromatic rings. The van der Waals surface area contributed by atoms with Gasteiger partial charge in [-0.25, -0.2) is 8.42 Å². The van der Waals surface area contributed by atoms with Gasteiger partial charge >= 0.3 is 0 Å². The van der Waals surface area contributed by atoms with E-state index in [1.165, 1.54) is 0 Å². The third-order valence-electron chi connectivity index (χ3n) is 6.51. The third-order valence-corrected chi connectivity index (χ3v) is 8.90. The van der Waals surface area contributed by atoms with E-state index < -0.39 is 10.0 Å². The van der Waals surface area contributed by atoms with E-state index in [2.05, 4.69) is 48.1 Å². The molecule has 7 heteroatoms. The van der Waals surface area contributed by atoms with Crippen molar-refractivity contribution in [3.8, 4) is 0 Å². The lowest BCUT2D eigenvalue weighted by Gasteiger charge is -2.39. The minimum absolute atomic E-state index is 0.0758. The number of fused-ring (bicyclic) bond motifs is 3. The van der Waals surface area contributed by atoms with Crippen LogP contribution in [0.1, 0.15) is 50.8 Å². The monoisotopic (exact) mass is 520 g/mol. The van der Waals surface area contributed by atoms with E-state index in [1.54, 1.807) is 16.4 Å². The molecule has 0 amide bonds. The molecule has 1 N–H and O–H groups in total. The van der Waals surface area contributed by atoms with Crippen LogP contribution in [0.3, 0.4) is 0 Å². The van der Waals surface area contributed by atoms with E-state index in [1.807, 2.05) is 31.2 Å². The Kier molecular flexibility index (Phi) is 6.74. The lowest BCUT2D eigenvalue weighted by Crippen LogP contribution is -2.43. The Bertz CT molecular complexity index is 1060. The lowest BCUT2D eigenvalue weighted by molar-refractivity contribution is 0.0845. The average Bonchev–Trinajstić information content (AvgIpc) is 3.18. The van der Waals surface area contributed by atoms with Crippen LogP contribution in [-0.2, 0) is 14.8 Å². The van der Waals surface area contributed by atoms with Gasteiger partial charge < -0.3 is 10.1 Å². The largest absolute Gasteiger partial charge is 0.379 e. The number of hydrogen-bond donors (Lipinski definition) is 1. The van der Waals surface area contributed by atoms with Gasteiger partial charge in [0.05, 0.1) is 23.6 Å². The number of sulfonamides is 1. The number of ether oxygens (including phenoxy) is 1. The molecular weight excluding hydrogens is 488 g/mol. The summed E-state index contributed by atoms with van der Waals surface area (Å²) in [5.41, 5.74) is 3.30. The molecule has 2 heterocycles. The van der Waals surface area contributed by atoms with Crippen molar-refractivity contribution in [2.45, 2.75) is 57.5 Å². The Morgan fingerprint density at radius 2 is 1.88 bits per heavy atom. The number of halogens is 1. The van der Waals surface area contributed by atoms with Gasteiger partial charge in [-0.05, 0) is 61.1 Å². The Morgan fingerprint density at radius 3 is 2.56 bits per heavy atom. The summed E-state index contributed by atoms with van der Waals surface area (Å²) < 4.78 is 36.0. The first-order chi connectivity index (χ1) is 15.1. The Morgan fingerprint density at radius 1 is 1.16 bits per heavy atom. The maximum Gasteiger partial charge on any atom is 0.243 e. The second-order valence-corrected chi connectivity index (χ2v) is 13.0. The van der Waals surface area contributed by atoms with Gasteiger partial charge in [0.25, 0.3) is 0 Å². The molecule has 0 aromatic heterocycles. The summed E-state index contributed by atoms with van der Waals surface area (Å²) in [5, 5.41) is 3.65. The highest BCUT2D eigenvalue weighted by Crippen LogP contribution is 2.49. The van der Waals surface area contributed by atoms with E-state index in [0.717, 1.165) is 34.1 Å². The summed E-state index contributed by atoms with van der Waals surface area (Å²) in [6, 6.07) is 13.1. The Hall–Kier alpha value is -1.41. The standard InChI is InChI=1S/C25H33BrN2O3S/c1-17-5-8-19(9-6-17)32(29,30)28-13-11-20-23(16-31-14-12-25(2,3)4)27-22-10-7-18(26)15-21(22)24(20)28/h5-10,15,20,23-24,27H,11-14,16H2,1-4H3/t20-,23+,24?/m1/s1. The van der Waals surface area contributed by atoms with Crippen LogP contribution < -0.4 is 5.32 Å². The van der Waals surface area contributed by atoms with E-state index in [0.29, 0.717) is 24.7 Å². The van der Waals surface area contributed by atoms with Crippen molar-refractivity contribution in [1.82, 2.24) is 4.31 Å². The zero-order chi connectivity index (χ0) is 23.1. The lowest BCUT2D eigenvalue weighted by atomic mass is 9.83. The normalized spacial score (nSPS) is 23.5. The van der Waals surface area contributed by atoms with Gasteiger partial charge in [0.2, 0.25) is 10.0 Å². The molecule has 0 radical (unpaired) electrons. The van der Waals surface area contributed by atoms with Crippen molar-refractivity contribution in [1.29, 1.82) is 0 Å². The van der Waals surface area contributed by atoms with Crippen LogP contribution in [0.4, 0.5) is 5.69 Å². The smallest absolute Gasteiger partial charge is 0.243 e. The molecule has 1 unspecified atom stereocenters. The van der Waals surface area contributed by atoms with E-state index >= 15 is 0 Å². The first-order valence-electron chi connectivity index (χ1n) is 11.3. The van der Waals surface area contributed by atoms with E-state index in [4.69, 9.17) is 4.74 Å². The van der Waals surface area contributed by atoms with Crippen molar-refractivity contribution in [3.63, 3.8) is 0 Å². The molecular formula is C25H33BrN2O3S. The van der Waals surface area contributed by atoms with Gasteiger partial charge in [0, 0.05) is 29.2 Å². The number of aryl methyl sites for hydroxylation is 1. The number of hydrogen-bond acceptors (Lipinski definition) is 4. The molecule has 2 aromatic carbocycles. The molecule has 5 nitrogen and oxygen atoms in total. The van der Waals surface area contributed by atoms with Gasteiger partial charge in [-0.3, -0.25) is 0 Å². The number of nitrogens with zero attached hydrogens (tertiary/aromatic N) is 1. The van der Waals surface area contributed by atoms with Crippen molar-refractivity contribution < 1.29 is 13.2 Å². The summed E-state index contributed by atoms with van der Waals surface area (Å²) in [5.74, 6) is 0.159. The highest BCUT2D eigenvalue weighted by Gasteiger charge is 2.48. The molecule has 1 fully saturated rings. The minimum atomic E-state index is -3.60.